The summed E-state index contributed by atoms with van der Waals surface area (Å²) in [6, 6.07) is 9.92. The van der Waals surface area contributed by atoms with Crippen molar-refractivity contribution in [2.24, 2.45) is 0 Å². The van der Waals surface area contributed by atoms with Gasteiger partial charge in [0.1, 0.15) is 5.75 Å². The predicted molar refractivity (Wildman–Crippen MR) is 109 cm³/mol. The minimum atomic E-state index is -2.17. The molecule has 0 heterocycles. The average molecular weight is 435 g/mol. The molecule has 25 heavy (non-hydrogen) atoms. The topological polar surface area (TPSA) is 79.2 Å². The Morgan fingerprint density at radius 1 is 1.00 bits per heavy atom. The van der Waals surface area contributed by atoms with Gasteiger partial charge in [0.2, 0.25) is 0 Å². The SMILES string of the molecule is CCC[Si](CCC)(CCC)OCc1cc(OC)ccc1Br.OB(O)O. The maximum absolute atomic E-state index is 7.17. The van der Waals surface area contributed by atoms with Crippen LogP contribution in [0.25, 0.3) is 0 Å². The van der Waals surface area contributed by atoms with Crippen molar-refractivity contribution < 1.29 is 24.2 Å². The first-order valence-corrected chi connectivity index (χ1v) is 12.2. The molecule has 1 aromatic carbocycles. The van der Waals surface area contributed by atoms with Crippen molar-refractivity contribution in [2.75, 3.05) is 7.11 Å². The summed E-state index contributed by atoms with van der Waals surface area (Å²) in [4.78, 5) is 0. The normalized spacial score (nSPS) is 10.9. The third kappa shape index (κ3) is 10.4. The monoisotopic (exact) mass is 434 g/mol. The summed E-state index contributed by atoms with van der Waals surface area (Å²) in [6.45, 7) is 7.53. The number of benzene rings is 1. The first kappa shape index (κ1) is 24.6. The molecule has 8 heteroatoms. The lowest BCUT2D eigenvalue weighted by Crippen LogP contribution is -2.37. The molecule has 0 aliphatic rings. The average Bonchev–Trinajstić information content (AvgIpc) is 2.54. The molecule has 0 unspecified atom stereocenters. The molecule has 0 aromatic heterocycles. The fraction of sp³-hybridized carbons (Fsp3) is 0.647. The predicted octanol–water partition coefficient (Wildman–Crippen LogP) is 4.10. The van der Waals surface area contributed by atoms with Gasteiger partial charge in [0.25, 0.3) is 0 Å². The van der Waals surface area contributed by atoms with Crippen LogP contribution < -0.4 is 4.74 Å². The van der Waals surface area contributed by atoms with Crippen molar-refractivity contribution in [2.45, 2.75) is 64.8 Å². The van der Waals surface area contributed by atoms with E-state index in [2.05, 4.69) is 42.8 Å². The molecule has 3 N–H and O–H groups in total. The molecule has 1 aromatic rings. The molecule has 1 rings (SSSR count). The van der Waals surface area contributed by atoms with Crippen LogP contribution in [0.4, 0.5) is 0 Å². The van der Waals surface area contributed by atoms with Crippen molar-refractivity contribution in [3.8, 4) is 5.75 Å². The summed E-state index contributed by atoms with van der Waals surface area (Å²) in [5.41, 5.74) is 1.19. The second-order valence-corrected chi connectivity index (χ2v) is 11.0. The summed E-state index contributed by atoms with van der Waals surface area (Å²) < 4.78 is 13.0. The van der Waals surface area contributed by atoms with Crippen molar-refractivity contribution in [1.82, 2.24) is 0 Å². The molecular weight excluding hydrogens is 403 g/mol. The number of methoxy groups -OCH3 is 1. The molecule has 0 spiro atoms. The van der Waals surface area contributed by atoms with Gasteiger partial charge in [-0.05, 0) is 41.9 Å². The molecule has 0 aliphatic heterocycles. The third-order valence-electron chi connectivity index (χ3n) is 3.90. The quantitative estimate of drug-likeness (QED) is 0.483. The Bertz CT molecular complexity index is 457. The second kappa shape index (κ2) is 13.8. The maximum atomic E-state index is 7.17. The highest BCUT2D eigenvalue weighted by atomic mass is 79.9. The first-order chi connectivity index (χ1) is 11.8. The Labute approximate surface area is 161 Å². The molecule has 0 bridgehead atoms. The highest BCUT2D eigenvalue weighted by Crippen LogP contribution is 2.30. The van der Waals surface area contributed by atoms with E-state index in [-0.39, 0.29) is 0 Å². The molecule has 0 aliphatic carbocycles. The van der Waals surface area contributed by atoms with Crippen LogP contribution in [0.5, 0.6) is 5.75 Å². The van der Waals surface area contributed by atoms with Crippen LogP contribution in [0, 0.1) is 0 Å². The number of hydrogen-bond donors (Lipinski definition) is 3. The number of ether oxygens (including phenoxy) is 1. The van der Waals surface area contributed by atoms with Gasteiger partial charge in [-0.2, -0.15) is 0 Å². The Morgan fingerprint density at radius 2 is 1.48 bits per heavy atom. The van der Waals surface area contributed by atoms with E-state index in [1.54, 1.807) is 7.11 Å². The third-order valence-corrected chi connectivity index (χ3v) is 9.67. The molecule has 0 saturated carbocycles. The molecule has 0 amide bonds. The van der Waals surface area contributed by atoms with Crippen LogP contribution >= 0.6 is 15.9 Å². The lowest BCUT2D eigenvalue weighted by molar-refractivity contribution is 0.278. The van der Waals surface area contributed by atoms with E-state index in [0.717, 1.165) is 10.2 Å². The van der Waals surface area contributed by atoms with Gasteiger partial charge in [-0.15, -0.1) is 0 Å². The van der Waals surface area contributed by atoms with Gasteiger partial charge in [0.15, 0.2) is 8.32 Å². The zero-order valence-electron chi connectivity index (χ0n) is 15.8. The van der Waals surface area contributed by atoms with Crippen LogP contribution in [-0.4, -0.2) is 37.8 Å². The van der Waals surface area contributed by atoms with Gasteiger partial charge in [-0.25, -0.2) is 0 Å². The van der Waals surface area contributed by atoms with E-state index in [1.165, 1.54) is 43.0 Å². The smallest absolute Gasteiger partial charge is 0.497 e. The molecule has 0 atom stereocenters. The highest BCUT2D eigenvalue weighted by Gasteiger charge is 2.32. The van der Waals surface area contributed by atoms with Crippen molar-refractivity contribution in [3.63, 3.8) is 0 Å². The second-order valence-electron chi connectivity index (χ2n) is 6.03. The highest BCUT2D eigenvalue weighted by molar-refractivity contribution is 9.10. The lowest BCUT2D eigenvalue weighted by Gasteiger charge is -2.31. The maximum Gasteiger partial charge on any atom is 0.631 e. The molecule has 144 valence electrons. The van der Waals surface area contributed by atoms with Crippen LogP contribution in [0.1, 0.15) is 45.6 Å². The summed E-state index contributed by atoms with van der Waals surface area (Å²) in [6.07, 6.45) is 3.68. The van der Waals surface area contributed by atoms with E-state index < -0.39 is 15.6 Å². The fourth-order valence-corrected chi connectivity index (χ4v) is 7.72. The molecule has 0 fully saturated rings. The van der Waals surface area contributed by atoms with E-state index in [9.17, 15) is 0 Å². The van der Waals surface area contributed by atoms with Gasteiger partial charge in [-0.3, -0.25) is 0 Å². The van der Waals surface area contributed by atoms with E-state index in [1.807, 2.05) is 12.1 Å². The Kier molecular flexibility index (Phi) is 13.6. The molecule has 5 nitrogen and oxygen atoms in total. The van der Waals surface area contributed by atoms with Crippen molar-refractivity contribution >= 4 is 31.6 Å². The number of hydrogen-bond acceptors (Lipinski definition) is 5. The molecule has 0 radical (unpaired) electrons. The summed E-state index contributed by atoms with van der Waals surface area (Å²) >= 11 is 3.62. The Morgan fingerprint density at radius 3 is 1.88 bits per heavy atom. The summed E-state index contributed by atoms with van der Waals surface area (Å²) in [7, 11) is -2.05. The lowest BCUT2D eigenvalue weighted by atomic mass is 10.2. The first-order valence-electron chi connectivity index (χ1n) is 8.84. The minimum Gasteiger partial charge on any atom is -0.497 e. The Balaban J connectivity index is 0.00000129. The van der Waals surface area contributed by atoms with Crippen molar-refractivity contribution in [3.05, 3.63) is 28.2 Å². The molecular formula is C17H32BBrO5Si. The minimum absolute atomic E-state index is 0.698. The van der Waals surface area contributed by atoms with E-state index >= 15 is 0 Å². The van der Waals surface area contributed by atoms with E-state index in [0.29, 0.717) is 6.61 Å². The van der Waals surface area contributed by atoms with Crippen molar-refractivity contribution in [1.29, 1.82) is 0 Å². The van der Waals surface area contributed by atoms with Gasteiger partial charge < -0.3 is 24.2 Å². The van der Waals surface area contributed by atoms with Gasteiger partial charge >= 0.3 is 7.32 Å². The zero-order chi connectivity index (χ0) is 19.3. The summed E-state index contributed by atoms with van der Waals surface area (Å²) in [5.74, 6) is 0.894. The van der Waals surface area contributed by atoms with Gasteiger partial charge in [0, 0.05) is 4.47 Å². The molecule has 0 saturated heterocycles. The summed E-state index contributed by atoms with van der Waals surface area (Å²) in [5, 5.41) is 21.5. The van der Waals surface area contributed by atoms with E-state index in [4.69, 9.17) is 24.2 Å². The fourth-order valence-electron chi connectivity index (χ4n) is 2.98. The number of halogens is 1. The zero-order valence-corrected chi connectivity index (χ0v) is 18.4. The standard InChI is InChI=1S/C17H29BrO2Si.BH3O3/c1-5-10-21(11-6-2,12-7-3)20-14-15-13-16(19-4)8-9-17(15)18;2-1(3)4/h8-9,13H,5-7,10-12,14H2,1-4H3;2-4H. The number of rotatable bonds is 10. The largest absolute Gasteiger partial charge is 0.631 e. The van der Waals surface area contributed by atoms with Gasteiger partial charge in [0.05, 0.1) is 13.7 Å². The Hall–Kier alpha value is -0.378. The van der Waals surface area contributed by atoms with Gasteiger partial charge in [-0.1, -0.05) is 56.0 Å². The van der Waals surface area contributed by atoms with Crippen LogP contribution in [0.3, 0.4) is 0 Å². The van der Waals surface area contributed by atoms with Crippen LogP contribution in [0.15, 0.2) is 22.7 Å². The van der Waals surface area contributed by atoms with Crippen LogP contribution in [0.2, 0.25) is 18.1 Å². The van der Waals surface area contributed by atoms with Crippen LogP contribution in [-0.2, 0) is 11.0 Å².